The molecular formula is C15H17ClN4O2S. The number of anilines is 1. The van der Waals surface area contributed by atoms with Crippen LogP contribution in [0.5, 0.6) is 0 Å². The predicted molar refractivity (Wildman–Crippen MR) is 91.3 cm³/mol. The van der Waals surface area contributed by atoms with Gasteiger partial charge in [0, 0.05) is 17.8 Å². The van der Waals surface area contributed by atoms with Crippen LogP contribution < -0.4 is 4.72 Å². The number of hydrogen-bond donors (Lipinski definition) is 2. The van der Waals surface area contributed by atoms with E-state index in [0.29, 0.717) is 16.2 Å². The second-order valence-corrected chi connectivity index (χ2v) is 8.35. The largest absolute Gasteiger partial charge is 0.358 e. The van der Waals surface area contributed by atoms with Gasteiger partial charge in [-0.25, -0.2) is 8.42 Å². The van der Waals surface area contributed by atoms with Crippen LogP contribution in [-0.4, -0.2) is 23.2 Å². The molecule has 3 rings (SSSR count). The van der Waals surface area contributed by atoms with Gasteiger partial charge in [0.15, 0.2) is 0 Å². The molecule has 2 heterocycles. The van der Waals surface area contributed by atoms with Crippen molar-refractivity contribution in [2.75, 3.05) is 4.72 Å². The van der Waals surface area contributed by atoms with Crippen molar-refractivity contribution in [3.8, 4) is 0 Å². The molecule has 0 fully saturated rings. The highest BCUT2D eigenvalue weighted by molar-refractivity contribution is 7.92. The Kier molecular flexibility index (Phi) is 3.65. The lowest BCUT2D eigenvalue weighted by molar-refractivity contribution is 0.355. The van der Waals surface area contributed by atoms with Crippen LogP contribution in [-0.2, 0) is 15.6 Å². The smallest absolute Gasteiger partial charge is 0.265 e. The van der Waals surface area contributed by atoms with E-state index in [-0.39, 0.29) is 10.4 Å². The van der Waals surface area contributed by atoms with E-state index in [1.54, 1.807) is 23.0 Å². The molecular weight excluding hydrogens is 336 g/mol. The number of sulfonamides is 1. The van der Waals surface area contributed by atoms with Crippen molar-refractivity contribution in [3.63, 3.8) is 0 Å². The van der Waals surface area contributed by atoms with Gasteiger partial charge in [-0.3, -0.25) is 9.40 Å². The maximum Gasteiger partial charge on any atom is 0.265 e. The van der Waals surface area contributed by atoms with E-state index in [2.05, 4.69) is 14.8 Å². The second kappa shape index (κ2) is 5.28. The third-order valence-electron chi connectivity index (χ3n) is 3.47. The van der Waals surface area contributed by atoms with Gasteiger partial charge in [0.05, 0.1) is 28.0 Å². The zero-order valence-electron chi connectivity index (χ0n) is 13.0. The van der Waals surface area contributed by atoms with Crippen LogP contribution >= 0.6 is 11.6 Å². The average molecular weight is 353 g/mol. The number of para-hydroxylation sites is 1. The van der Waals surface area contributed by atoms with E-state index in [0.717, 1.165) is 5.39 Å². The van der Waals surface area contributed by atoms with Crippen molar-refractivity contribution < 1.29 is 8.42 Å². The van der Waals surface area contributed by atoms with Crippen LogP contribution in [0.2, 0.25) is 5.02 Å². The summed E-state index contributed by atoms with van der Waals surface area (Å²) in [4.78, 5) is 3.09. The Morgan fingerprint density at radius 2 is 2.04 bits per heavy atom. The third-order valence-corrected chi connectivity index (χ3v) is 5.10. The Hall–Kier alpha value is -1.99. The number of benzene rings is 1. The van der Waals surface area contributed by atoms with Crippen LogP contribution in [0.25, 0.3) is 10.9 Å². The molecule has 122 valence electrons. The number of halogens is 1. The molecule has 0 unspecified atom stereocenters. The van der Waals surface area contributed by atoms with Crippen LogP contribution in [0.4, 0.5) is 5.69 Å². The third kappa shape index (κ3) is 2.94. The van der Waals surface area contributed by atoms with E-state index in [1.165, 1.54) is 12.4 Å². The monoisotopic (exact) mass is 352 g/mol. The van der Waals surface area contributed by atoms with E-state index in [4.69, 9.17) is 11.6 Å². The van der Waals surface area contributed by atoms with Gasteiger partial charge < -0.3 is 4.98 Å². The summed E-state index contributed by atoms with van der Waals surface area (Å²) >= 11 is 6.06. The summed E-state index contributed by atoms with van der Waals surface area (Å²) in [7, 11) is -3.73. The SMILES string of the molecule is CC(C)(C)n1cc(S(=O)(=O)Nc2cccc3c(Cl)c[nH]c23)cn1. The first-order chi connectivity index (χ1) is 10.7. The van der Waals surface area contributed by atoms with Gasteiger partial charge in [0.1, 0.15) is 4.90 Å². The van der Waals surface area contributed by atoms with Gasteiger partial charge in [-0.05, 0) is 26.8 Å². The van der Waals surface area contributed by atoms with Crippen molar-refractivity contribution in [3.05, 3.63) is 41.8 Å². The number of H-pyrrole nitrogens is 1. The highest BCUT2D eigenvalue weighted by atomic mass is 35.5. The summed E-state index contributed by atoms with van der Waals surface area (Å²) in [5, 5.41) is 5.43. The molecule has 0 aliphatic carbocycles. The van der Waals surface area contributed by atoms with E-state index >= 15 is 0 Å². The molecule has 3 aromatic rings. The molecule has 2 N–H and O–H groups in total. The fourth-order valence-electron chi connectivity index (χ4n) is 2.22. The van der Waals surface area contributed by atoms with Crippen LogP contribution in [0, 0.1) is 0 Å². The average Bonchev–Trinajstić information content (AvgIpc) is 3.07. The van der Waals surface area contributed by atoms with E-state index in [9.17, 15) is 8.42 Å². The number of aromatic nitrogens is 3. The van der Waals surface area contributed by atoms with Gasteiger partial charge in [-0.2, -0.15) is 5.10 Å². The molecule has 0 aliphatic rings. The zero-order valence-corrected chi connectivity index (χ0v) is 14.5. The lowest BCUT2D eigenvalue weighted by Crippen LogP contribution is -2.22. The van der Waals surface area contributed by atoms with Crippen molar-refractivity contribution in [1.29, 1.82) is 0 Å². The molecule has 8 heteroatoms. The minimum Gasteiger partial charge on any atom is -0.358 e. The molecule has 0 radical (unpaired) electrons. The Morgan fingerprint density at radius 3 is 2.70 bits per heavy atom. The van der Waals surface area contributed by atoms with E-state index in [1.807, 2.05) is 26.8 Å². The Morgan fingerprint density at radius 1 is 1.30 bits per heavy atom. The molecule has 1 aromatic carbocycles. The highest BCUT2D eigenvalue weighted by Crippen LogP contribution is 2.29. The molecule has 2 aromatic heterocycles. The van der Waals surface area contributed by atoms with E-state index < -0.39 is 10.0 Å². The minimum absolute atomic E-state index is 0.113. The molecule has 0 atom stereocenters. The molecule has 0 aliphatic heterocycles. The first kappa shape index (κ1) is 15.9. The minimum atomic E-state index is -3.73. The maximum atomic E-state index is 12.6. The summed E-state index contributed by atoms with van der Waals surface area (Å²) < 4.78 is 29.4. The standard InChI is InChI=1S/C15H17ClN4O2S/c1-15(2,3)20-9-10(7-18-20)23(21,22)19-13-6-4-5-11-12(16)8-17-14(11)13/h4-9,17,19H,1-3H3. The van der Waals surface area contributed by atoms with Gasteiger partial charge in [0.25, 0.3) is 10.0 Å². The fraction of sp³-hybridized carbons (Fsp3) is 0.267. The molecule has 0 spiro atoms. The lowest BCUT2D eigenvalue weighted by atomic mass is 10.1. The maximum absolute atomic E-state index is 12.6. The molecule has 23 heavy (non-hydrogen) atoms. The normalized spacial score (nSPS) is 12.7. The molecule has 0 saturated carbocycles. The number of rotatable bonds is 3. The van der Waals surface area contributed by atoms with Gasteiger partial charge in [0.2, 0.25) is 0 Å². The topological polar surface area (TPSA) is 79.8 Å². The number of nitrogens with one attached hydrogen (secondary N) is 2. The summed E-state index contributed by atoms with van der Waals surface area (Å²) in [6.45, 7) is 5.85. The first-order valence-electron chi connectivity index (χ1n) is 7.02. The van der Waals surface area contributed by atoms with Crippen molar-refractivity contribution in [1.82, 2.24) is 14.8 Å². The summed E-state index contributed by atoms with van der Waals surface area (Å²) in [5.74, 6) is 0. The number of aromatic amines is 1. The Balaban J connectivity index is 1.99. The summed E-state index contributed by atoms with van der Waals surface area (Å²) in [6.07, 6.45) is 4.49. The zero-order chi connectivity index (χ0) is 16.8. The lowest BCUT2D eigenvalue weighted by Gasteiger charge is -2.18. The quantitative estimate of drug-likeness (QED) is 0.756. The van der Waals surface area contributed by atoms with Gasteiger partial charge in [-0.1, -0.05) is 23.7 Å². The molecule has 6 nitrogen and oxygen atoms in total. The van der Waals surface area contributed by atoms with Crippen molar-refractivity contribution in [2.24, 2.45) is 0 Å². The predicted octanol–water partition coefficient (Wildman–Crippen LogP) is 3.57. The molecule has 0 saturated heterocycles. The number of hydrogen-bond acceptors (Lipinski definition) is 3. The highest BCUT2D eigenvalue weighted by Gasteiger charge is 2.22. The van der Waals surface area contributed by atoms with Crippen molar-refractivity contribution >= 4 is 38.2 Å². The van der Waals surface area contributed by atoms with Crippen LogP contribution in [0.15, 0.2) is 41.7 Å². The number of nitrogens with zero attached hydrogens (tertiary/aromatic N) is 2. The first-order valence-corrected chi connectivity index (χ1v) is 8.88. The molecule has 0 amide bonds. The fourth-order valence-corrected chi connectivity index (χ4v) is 3.43. The Bertz CT molecular complexity index is 967. The van der Waals surface area contributed by atoms with Crippen LogP contribution in [0.1, 0.15) is 20.8 Å². The van der Waals surface area contributed by atoms with Gasteiger partial charge >= 0.3 is 0 Å². The molecule has 0 bridgehead atoms. The van der Waals surface area contributed by atoms with Crippen LogP contribution in [0.3, 0.4) is 0 Å². The number of fused-ring (bicyclic) bond motifs is 1. The van der Waals surface area contributed by atoms with Gasteiger partial charge in [-0.15, -0.1) is 0 Å². The van der Waals surface area contributed by atoms with Crippen molar-refractivity contribution in [2.45, 2.75) is 31.2 Å². The Labute approximate surface area is 139 Å². The summed E-state index contributed by atoms with van der Waals surface area (Å²) in [5.41, 5.74) is 0.794. The summed E-state index contributed by atoms with van der Waals surface area (Å²) in [6, 6.07) is 5.25. The second-order valence-electron chi connectivity index (χ2n) is 6.26.